The number of carbonyl (C=O) groups is 1. The molecule has 2 heterocycles. The number of benzene rings is 1. The van der Waals surface area contributed by atoms with E-state index in [0.717, 1.165) is 29.8 Å². The molecule has 0 bridgehead atoms. The lowest BCUT2D eigenvalue weighted by Gasteiger charge is -2.31. The third kappa shape index (κ3) is 6.44. The van der Waals surface area contributed by atoms with Crippen LogP contribution in [0, 0.1) is 5.92 Å². The molecule has 1 aliphatic heterocycles. The number of thioether (sulfide) groups is 1. The van der Waals surface area contributed by atoms with Gasteiger partial charge in [0.05, 0.1) is 43.1 Å². The minimum atomic E-state index is -0.218. The molecule has 156 valence electrons. The van der Waals surface area contributed by atoms with Crippen molar-refractivity contribution in [2.24, 2.45) is 5.92 Å². The van der Waals surface area contributed by atoms with Crippen molar-refractivity contribution < 1.29 is 14.3 Å². The van der Waals surface area contributed by atoms with Crippen molar-refractivity contribution in [3.8, 4) is 11.3 Å². The molecule has 3 rings (SSSR count). The van der Waals surface area contributed by atoms with Crippen LogP contribution in [0.2, 0.25) is 0 Å². The summed E-state index contributed by atoms with van der Waals surface area (Å²) in [5.41, 5.74) is 2.72. The van der Waals surface area contributed by atoms with Gasteiger partial charge in [-0.2, -0.15) is 0 Å². The van der Waals surface area contributed by atoms with Crippen molar-refractivity contribution in [1.29, 1.82) is 0 Å². The van der Waals surface area contributed by atoms with E-state index in [1.54, 1.807) is 29.1 Å². The molecule has 0 N–H and O–H groups in total. The van der Waals surface area contributed by atoms with Gasteiger partial charge in [-0.15, -0.1) is 11.8 Å². The third-order valence-electron chi connectivity index (χ3n) is 4.80. The number of aromatic nitrogens is 2. The first-order chi connectivity index (χ1) is 14.0. The highest BCUT2D eigenvalue weighted by Crippen LogP contribution is 2.21. The molecule has 1 aromatic heterocycles. The highest BCUT2D eigenvalue weighted by molar-refractivity contribution is 7.98. The molecule has 0 spiro atoms. The molecule has 1 aliphatic rings. The Hall–Kier alpha value is -2.12. The van der Waals surface area contributed by atoms with Crippen LogP contribution in [0.3, 0.4) is 0 Å². The Labute approximate surface area is 177 Å². The second-order valence-electron chi connectivity index (χ2n) is 7.59. The third-order valence-corrected chi connectivity index (χ3v) is 5.54. The molecular formula is C22H29N3O3S. The molecule has 0 aliphatic carbocycles. The molecule has 6 nitrogen and oxygen atoms in total. The van der Waals surface area contributed by atoms with Gasteiger partial charge in [0.15, 0.2) is 0 Å². The average Bonchev–Trinajstić information content (AvgIpc) is 2.77. The number of amides is 1. The van der Waals surface area contributed by atoms with E-state index in [4.69, 9.17) is 9.47 Å². The zero-order valence-electron chi connectivity index (χ0n) is 17.3. The van der Waals surface area contributed by atoms with Gasteiger partial charge < -0.3 is 14.4 Å². The number of ether oxygens (including phenoxy) is 2. The highest BCUT2D eigenvalue weighted by atomic mass is 32.2. The molecule has 1 saturated heterocycles. The van der Waals surface area contributed by atoms with Crippen molar-refractivity contribution in [2.75, 3.05) is 26.0 Å². The molecule has 2 aromatic rings. The monoisotopic (exact) mass is 415 g/mol. The van der Waals surface area contributed by atoms with Crippen LogP contribution < -0.4 is 0 Å². The zero-order chi connectivity index (χ0) is 20.6. The second-order valence-corrected chi connectivity index (χ2v) is 8.47. The van der Waals surface area contributed by atoms with E-state index in [9.17, 15) is 4.79 Å². The van der Waals surface area contributed by atoms with Gasteiger partial charge in [0.2, 0.25) is 0 Å². The normalized spacial score (nSPS) is 15.0. The minimum Gasteiger partial charge on any atom is -0.449 e. The molecule has 0 radical (unpaired) electrons. The van der Waals surface area contributed by atoms with Gasteiger partial charge in [0, 0.05) is 23.5 Å². The van der Waals surface area contributed by atoms with Crippen LogP contribution in [0.1, 0.15) is 32.4 Å². The molecule has 1 fully saturated rings. The summed E-state index contributed by atoms with van der Waals surface area (Å²) in [6, 6.07) is 8.30. The van der Waals surface area contributed by atoms with E-state index in [1.165, 1.54) is 4.90 Å². The largest absolute Gasteiger partial charge is 0.449 e. The molecule has 7 heteroatoms. The average molecular weight is 416 g/mol. The lowest BCUT2D eigenvalue weighted by Crippen LogP contribution is -2.41. The fourth-order valence-corrected chi connectivity index (χ4v) is 3.49. The van der Waals surface area contributed by atoms with Crippen molar-refractivity contribution in [1.82, 2.24) is 14.9 Å². The SMILES string of the molecule is CSc1ccc(-c2cnc(COC3CCN(C(=O)OCC(C)C)CC3)cn2)cc1. The number of nitrogens with zero attached hydrogens (tertiary/aromatic N) is 3. The topological polar surface area (TPSA) is 64.5 Å². The lowest BCUT2D eigenvalue weighted by atomic mass is 10.1. The molecule has 0 unspecified atom stereocenters. The standard InChI is InChI=1S/C22H29N3O3S/c1-16(2)14-28-22(26)25-10-8-19(9-11-25)27-15-18-12-24-21(13-23-18)17-4-6-20(29-3)7-5-17/h4-7,12-13,16,19H,8-11,14-15H2,1-3H3. The number of likely N-dealkylation sites (tertiary alicyclic amines) is 1. The van der Waals surface area contributed by atoms with Gasteiger partial charge in [0.1, 0.15) is 0 Å². The van der Waals surface area contributed by atoms with Gasteiger partial charge in [-0.3, -0.25) is 9.97 Å². The maximum atomic E-state index is 12.0. The van der Waals surface area contributed by atoms with Gasteiger partial charge in [-0.25, -0.2) is 4.79 Å². The summed E-state index contributed by atoms with van der Waals surface area (Å²) in [4.78, 5) is 24.0. The Morgan fingerprint density at radius 2 is 1.90 bits per heavy atom. The van der Waals surface area contributed by atoms with Gasteiger partial charge in [0.25, 0.3) is 0 Å². The van der Waals surface area contributed by atoms with Crippen molar-refractivity contribution >= 4 is 17.9 Å². The van der Waals surface area contributed by atoms with Gasteiger partial charge in [-0.05, 0) is 37.1 Å². The quantitative estimate of drug-likeness (QED) is 0.614. The van der Waals surface area contributed by atoms with E-state index in [1.807, 2.05) is 13.8 Å². The highest BCUT2D eigenvalue weighted by Gasteiger charge is 2.24. The van der Waals surface area contributed by atoms with Gasteiger partial charge in [-0.1, -0.05) is 26.0 Å². The van der Waals surface area contributed by atoms with E-state index < -0.39 is 0 Å². The Morgan fingerprint density at radius 3 is 2.48 bits per heavy atom. The summed E-state index contributed by atoms with van der Waals surface area (Å²) >= 11 is 1.72. The Morgan fingerprint density at radius 1 is 1.17 bits per heavy atom. The predicted molar refractivity (Wildman–Crippen MR) is 115 cm³/mol. The van der Waals surface area contributed by atoms with Crippen LogP contribution in [-0.4, -0.2) is 53.0 Å². The number of piperidine rings is 1. The van der Waals surface area contributed by atoms with Crippen LogP contribution in [-0.2, 0) is 16.1 Å². The smallest absolute Gasteiger partial charge is 0.409 e. The van der Waals surface area contributed by atoms with Crippen LogP contribution in [0.5, 0.6) is 0 Å². The van der Waals surface area contributed by atoms with Crippen LogP contribution in [0.15, 0.2) is 41.6 Å². The molecule has 0 saturated carbocycles. The zero-order valence-corrected chi connectivity index (χ0v) is 18.2. The predicted octanol–water partition coefficient (Wildman–Crippen LogP) is 4.64. The maximum Gasteiger partial charge on any atom is 0.409 e. The first-order valence-corrected chi connectivity index (χ1v) is 11.3. The summed E-state index contributed by atoms with van der Waals surface area (Å²) < 4.78 is 11.3. The molecule has 1 aromatic carbocycles. The summed E-state index contributed by atoms with van der Waals surface area (Å²) in [5.74, 6) is 0.349. The van der Waals surface area contributed by atoms with E-state index >= 15 is 0 Å². The number of hydrogen-bond acceptors (Lipinski definition) is 6. The van der Waals surface area contributed by atoms with Crippen LogP contribution in [0.4, 0.5) is 4.79 Å². The number of hydrogen-bond donors (Lipinski definition) is 0. The van der Waals surface area contributed by atoms with E-state index in [2.05, 4.69) is 40.5 Å². The fourth-order valence-electron chi connectivity index (χ4n) is 3.08. The Balaban J connectivity index is 1.43. The van der Waals surface area contributed by atoms with E-state index in [-0.39, 0.29) is 12.2 Å². The summed E-state index contributed by atoms with van der Waals surface area (Å²) in [6.45, 7) is 6.29. The summed E-state index contributed by atoms with van der Waals surface area (Å²) in [7, 11) is 0. The van der Waals surface area contributed by atoms with Crippen molar-refractivity contribution in [2.45, 2.75) is 44.3 Å². The summed E-state index contributed by atoms with van der Waals surface area (Å²) in [6.07, 6.45) is 7.16. The first-order valence-electron chi connectivity index (χ1n) is 10.0. The Bertz CT molecular complexity index is 773. The van der Waals surface area contributed by atoms with Crippen molar-refractivity contribution in [3.63, 3.8) is 0 Å². The molecular weight excluding hydrogens is 386 g/mol. The fraction of sp³-hybridized carbons (Fsp3) is 0.500. The number of carbonyl (C=O) groups excluding carboxylic acids is 1. The van der Waals surface area contributed by atoms with Crippen LogP contribution in [0.25, 0.3) is 11.3 Å². The molecule has 0 atom stereocenters. The van der Waals surface area contributed by atoms with Gasteiger partial charge >= 0.3 is 6.09 Å². The molecule has 1 amide bonds. The van der Waals surface area contributed by atoms with Crippen molar-refractivity contribution in [3.05, 3.63) is 42.4 Å². The number of rotatable bonds is 7. The summed E-state index contributed by atoms with van der Waals surface area (Å²) in [5, 5.41) is 0. The second kappa shape index (κ2) is 10.6. The maximum absolute atomic E-state index is 12.0. The minimum absolute atomic E-state index is 0.129. The lowest BCUT2D eigenvalue weighted by molar-refractivity contribution is -0.00539. The molecule has 29 heavy (non-hydrogen) atoms. The van der Waals surface area contributed by atoms with E-state index in [0.29, 0.717) is 32.2 Å². The first kappa shape index (κ1) is 21.6. The Kier molecular flexibility index (Phi) is 7.89. The van der Waals surface area contributed by atoms with Crippen LogP contribution >= 0.6 is 11.8 Å².